The Bertz CT molecular complexity index is 381. The first kappa shape index (κ1) is 9.96. The lowest BCUT2D eigenvalue weighted by Crippen LogP contribution is -2.00. The fourth-order valence-corrected chi connectivity index (χ4v) is 1.06. The monoisotopic (exact) mass is 241 g/mol. The molecule has 13 heavy (non-hydrogen) atoms. The Hall–Kier alpha value is -1.12. The van der Waals surface area contributed by atoms with Crippen molar-refractivity contribution in [1.29, 1.82) is 0 Å². The summed E-state index contributed by atoms with van der Waals surface area (Å²) in [6.07, 6.45) is 0. The molecule has 5 heteroatoms. The van der Waals surface area contributed by atoms with Gasteiger partial charge in [0.1, 0.15) is 12.3 Å². The highest BCUT2D eigenvalue weighted by Crippen LogP contribution is 2.17. The summed E-state index contributed by atoms with van der Waals surface area (Å²) >= 11 is 3.28. The van der Waals surface area contributed by atoms with Gasteiger partial charge in [-0.3, -0.25) is 0 Å². The second kappa shape index (κ2) is 4.21. The third-order valence-corrected chi connectivity index (χ3v) is 2.27. The fraction of sp³-hybridized carbons (Fsp3) is 0.250. The number of anilines is 1. The molecule has 0 saturated carbocycles. The van der Waals surface area contributed by atoms with Crippen molar-refractivity contribution >= 4 is 21.9 Å². The normalized spacial score (nSPS) is 9.15. The molecule has 0 aliphatic rings. The molecule has 1 heterocycles. The SMILES string of the molecule is Cc1nc(N)nc(C#CCO)c1Br. The van der Waals surface area contributed by atoms with Gasteiger partial charge in [-0.15, -0.1) is 0 Å². The molecule has 0 unspecified atom stereocenters. The third-order valence-electron chi connectivity index (χ3n) is 1.32. The number of hydrogen-bond donors (Lipinski definition) is 2. The summed E-state index contributed by atoms with van der Waals surface area (Å²) in [6, 6.07) is 0. The van der Waals surface area contributed by atoms with Gasteiger partial charge in [0.05, 0.1) is 10.2 Å². The van der Waals surface area contributed by atoms with Crippen molar-refractivity contribution in [3.63, 3.8) is 0 Å². The highest BCUT2D eigenvalue weighted by Gasteiger charge is 2.04. The minimum atomic E-state index is -0.199. The van der Waals surface area contributed by atoms with E-state index in [4.69, 9.17) is 10.8 Å². The van der Waals surface area contributed by atoms with Crippen LogP contribution in [-0.4, -0.2) is 21.7 Å². The Morgan fingerprint density at radius 2 is 2.23 bits per heavy atom. The van der Waals surface area contributed by atoms with Crippen LogP contribution in [0.15, 0.2) is 4.47 Å². The molecule has 1 aromatic heterocycles. The van der Waals surface area contributed by atoms with Crippen molar-refractivity contribution in [3.8, 4) is 11.8 Å². The maximum Gasteiger partial charge on any atom is 0.221 e. The molecular weight excluding hydrogens is 234 g/mol. The van der Waals surface area contributed by atoms with Gasteiger partial charge in [-0.25, -0.2) is 9.97 Å². The lowest BCUT2D eigenvalue weighted by molar-refractivity contribution is 0.350. The van der Waals surface area contributed by atoms with Crippen molar-refractivity contribution in [2.24, 2.45) is 0 Å². The zero-order valence-electron chi connectivity index (χ0n) is 7.00. The van der Waals surface area contributed by atoms with E-state index in [9.17, 15) is 0 Å². The number of halogens is 1. The van der Waals surface area contributed by atoms with Crippen LogP contribution in [0.4, 0.5) is 5.95 Å². The fourth-order valence-electron chi connectivity index (χ4n) is 0.787. The highest BCUT2D eigenvalue weighted by atomic mass is 79.9. The van der Waals surface area contributed by atoms with Crippen LogP contribution in [0, 0.1) is 18.8 Å². The van der Waals surface area contributed by atoms with E-state index < -0.39 is 0 Å². The van der Waals surface area contributed by atoms with Crippen LogP contribution in [0.5, 0.6) is 0 Å². The zero-order chi connectivity index (χ0) is 9.84. The predicted molar refractivity (Wildman–Crippen MR) is 52.8 cm³/mol. The molecule has 4 nitrogen and oxygen atoms in total. The summed E-state index contributed by atoms with van der Waals surface area (Å²) in [5.74, 6) is 5.34. The summed E-state index contributed by atoms with van der Waals surface area (Å²) < 4.78 is 0.711. The number of nitrogen functional groups attached to an aromatic ring is 1. The van der Waals surface area contributed by atoms with Crippen molar-refractivity contribution in [3.05, 3.63) is 15.9 Å². The maximum absolute atomic E-state index is 8.49. The third kappa shape index (κ3) is 2.41. The van der Waals surface area contributed by atoms with Crippen molar-refractivity contribution in [1.82, 2.24) is 9.97 Å². The van der Waals surface area contributed by atoms with Crippen LogP contribution >= 0.6 is 15.9 Å². The highest BCUT2D eigenvalue weighted by molar-refractivity contribution is 9.10. The molecule has 0 fully saturated rings. The number of aromatic nitrogens is 2. The number of hydrogen-bond acceptors (Lipinski definition) is 4. The van der Waals surface area contributed by atoms with E-state index in [0.29, 0.717) is 10.2 Å². The summed E-state index contributed by atoms with van der Waals surface area (Å²) in [5, 5.41) is 8.49. The van der Waals surface area contributed by atoms with Crippen molar-refractivity contribution in [2.75, 3.05) is 12.3 Å². The molecule has 1 rings (SSSR count). The van der Waals surface area contributed by atoms with Gasteiger partial charge in [0.2, 0.25) is 5.95 Å². The Balaban J connectivity index is 3.20. The van der Waals surface area contributed by atoms with Gasteiger partial charge < -0.3 is 10.8 Å². The summed E-state index contributed by atoms with van der Waals surface area (Å²) in [7, 11) is 0. The van der Waals surface area contributed by atoms with E-state index in [-0.39, 0.29) is 12.6 Å². The van der Waals surface area contributed by atoms with Crippen LogP contribution < -0.4 is 5.73 Å². The second-order valence-corrected chi connectivity index (χ2v) is 3.08. The number of nitrogens with two attached hydrogens (primary N) is 1. The van der Waals surface area contributed by atoms with E-state index in [1.165, 1.54) is 0 Å². The van der Waals surface area contributed by atoms with Crippen LogP contribution in [0.2, 0.25) is 0 Å². The molecule has 68 valence electrons. The number of aliphatic hydroxyl groups excluding tert-OH is 1. The standard InChI is InChI=1S/C8H8BrN3O/c1-5-7(9)6(3-2-4-13)12-8(10)11-5/h13H,4H2,1H3,(H2,10,11,12). The van der Waals surface area contributed by atoms with Crippen LogP contribution in [0.25, 0.3) is 0 Å². The lowest BCUT2D eigenvalue weighted by Gasteiger charge is -2.00. The molecule has 0 amide bonds. The minimum absolute atomic E-state index is 0.183. The van der Waals surface area contributed by atoms with Crippen LogP contribution in [0.1, 0.15) is 11.4 Å². The minimum Gasteiger partial charge on any atom is -0.384 e. The molecule has 0 aliphatic heterocycles. The van der Waals surface area contributed by atoms with E-state index in [1.54, 1.807) is 6.92 Å². The zero-order valence-corrected chi connectivity index (χ0v) is 8.59. The van der Waals surface area contributed by atoms with Crippen LogP contribution in [0.3, 0.4) is 0 Å². The molecule has 1 aromatic rings. The first-order valence-corrected chi connectivity index (χ1v) is 4.33. The molecule has 0 aliphatic carbocycles. The molecule has 3 N–H and O–H groups in total. The number of nitrogens with zero attached hydrogens (tertiary/aromatic N) is 2. The van der Waals surface area contributed by atoms with Gasteiger partial charge in [-0.2, -0.15) is 0 Å². The lowest BCUT2D eigenvalue weighted by atomic mass is 10.3. The van der Waals surface area contributed by atoms with E-state index in [1.807, 2.05) is 0 Å². The number of aryl methyl sites for hydroxylation is 1. The van der Waals surface area contributed by atoms with E-state index >= 15 is 0 Å². The van der Waals surface area contributed by atoms with E-state index in [2.05, 4.69) is 37.7 Å². The van der Waals surface area contributed by atoms with Crippen LogP contribution in [-0.2, 0) is 0 Å². The largest absolute Gasteiger partial charge is 0.384 e. The Morgan fingerprint density at radius 1 is 1.54 bits per heavy atom. The molecule has 0 spiro atoms. The Labute approximate surface area is 84.3 Å². The smallest absolute Gasteiger partial charge is 0.221 e. The first-order valence-electron chi connectivity index (χ1n) is 3.54. The van der Waals surface area contributed by atoms with Gasteiger partial charge in [0.25, 0.3) is 0 Å². The summed E-state index contributed by atoms with van der Waals surface area (Å²) in [6.45, 7) is 1.60. The average Bonchev–Trinajstić information content (AvgIpc) is 2.09. The first-order chi connectivity index (χ1) is 6.15. The Morgan fingerprint density at radius 3 is 2.85 bits per heavy atom. The molecule has 0 radical (unpaired) electrons. The quantitative estimate of drug-likeness (QED) is 0.649. The van der Waals surface area contributed by atoms with Crippen molar-refractivity contribution in [2.45, 2.75) is 6.92 Å². The summed E-state index contributed by atoms with van der Waals surface area (Å²) in [4.78, 5) is 7.84. The predicted octanol–water partition coefficient (Wildman–Crippen LogP) is 0.474. The van der Waals surface area contributed by atoms with Gasteiger partial charge >= 0.3 is 0 Å². The summed E-state index contributed by atoms with van der Waals surface area (Å²) in [5.41, 5.74) is 6.66. The molecule has 0 atom stereocenters. The second-order valence-electron chi connectivity index (χ2n) is 2.29. The van der Waals surface area contributed by atoms with Gasteiger partial charge in [-0.05, 0) is 28.8 Å². The molecule has 0 aromatic carbocycles. The van der Waals surface area contributed by atoms with Gasteiger partial charge in [-0.1, -0.05) is 5.92 Å². The van der Waals surface area contributed by atoms with Gasteiger partial charge in [0, 0.05) is 0 Å². The molecule has 0 bridgehead atoms. The topological polar surface area (TPSA) is 72.0 Å². The molecular formula is C8H8BrN3O. The number of aliphatic hydroxyl groups is 1. The van der Waals surface area contributed by atoms with Crippen molar-refractivity contribution < 1.29 is 5.11 Å². The Kier molecular flexibility index (Phi) is 3.23. The number of rotatable bonds is 0. The average molecular weight is 242 g/mol. The maximum atomic E-state index is 8.49. The van der Waals surface area contributed by atoms with E-state index in [0.717, 1.165) is 5.69 Å². The molecule has 0 saturated heterocycles. The van der Waals surface area contributed by atoms with Gasteiger partial charge in [0.15, 0.2) is 0 Å².